The molecule has 1 aromatic heterocycles. The van der Waals surface area contributed by atoms with Crippen molar-refractivity contribution in [2.24, 2.45) is 0 Å². The van der Waals surface area contributed by atoms with Crippen molar-refractivity contribution in [3.05, 3.63) is 11.7 Å². The summed E-state index contributed by atoms with van der Waals surface area (Å²) in [5.74, 6) is 1.59. The molecule has 84 valence electrons. The zero-order valence-electron chi connectivity index (χ0n) is 9.33. The van der Waals surface area contributed by atoms with Gasteiger partial charge in [-0.25, -0.2) is 0 Å². The Labute approximate surface area is 90.4 Å². The van der Waals surface area contributed by atoms with Crippen molar-refractivity contribution in [1.82, 2.24) is 15.5 Å². The molecule has 0 spiro atoms. The van der Waals surface area contributed by atoms with E-state index in [0.29, 0.717) is 6.04 Å². The van der Waals surface area contributed by atoms with Crippen LogP contribution in [0, 0.1) is 0 Å². The number of rotatable bonds is 7. The van der Waals surface area contributed by atoms with Crippen LogP contribution in [0.15, 0.2) is 4.52 Å². The molecule has 1 saturated carbocycles. The molecule has 4 heteroatoms. The van der Waals surface area contributed by atoms with Crippen LogP contribution in [0.1, 0.15) is 50.7 Å². The van der Waals surface area contributed by atoms with E-state index in [0.717, 1.165) is 31.1 Å². The van der Waals surface area contributed by atoms with Crippen molar-refractivity contribution in [2.75, 3.05) is 0 Å². The largest absolute Gasteiger partial charge is 0.339 e. The van der Waals surface area contributed by atoms with Crippen LogP contribution >= 0.6 is 0 Å². The minimum absolute atomic E-state index is 0.701. The molecule has 1 heterocycles. The lowest BCUT2D eigenvalue weighted by Gasteiger charge is -1.94. The first kappa shape index (κ1) is 10.6. The summed E-state index contributed by atoms with van der Waals surface area (Å²) in [7, 11) is 0. The molecule has 2 rings (SSSR count). The van der Waals surface area contributed by atoms with Crippen LogP contribution in [0.5, 0.6) is 0 Å². The van der Waals surface area contributed by atoms with Gasteiger partial charge in [-0.2, -0.15) is 4.98 Å². The topological polar surface area (TPSA) is 51.0 Å². The summed E-state index contributed by atoms with van der Waals surface area (Å²) < 4.78 is 5.16. The van der Waals surface area contributed by atoms with E-state index in [4.69, 9.17) is 4.52 Å². The molecule has 0 saturated heterocycles. The summed E-state index contributed by atoms with van der Waals surface area (Å²) in [5.41, 5.74) is 0. The lowest BCUT2D eigenvalue weighted by atomic mass is 10.2. The highest BCUT2D eigenvalue weighted by molar-refractivity contribution is 4.89. The van der Waals surface area contributed by atoms with Crippen molar-refractivity contribution in [3.63, 3.8) is 0 Å². The van der Waals surface area contributed by atoms with Crippen LogP contribution in [0.25, 0.3) is 0 Å². The van der Waals surface area contributed by atoms with Crippen molar-refractivity contribution in [1.29, 1.82) is 0 Å². The normalized spacial score (nSPS) is 15.8. The number of aryl methyl sites for hydroxylation is 1. The highest BCUT2D eigenvalue weighted by Gasteiger charge is 2.20. The summed E-state index contributed by atoms with van der Waals surface area (Å²) in [5, 5.41) is 7.31. The maximum atomic E-state index is 5.16. The monoisotopic (exact) mass is 209 g/mol. The predicted octanol–water partition coefficient (Wildman–Crippen LogP) is 2.05. The highest BCUT2D eigenvalue weighted by atomic mass is 16.5. The number of aromatic nitrogens is 2. The lowest BCUT2D eigenvalue weighted by molar-refractivity contribution is 0.367. The van der Waals surface area contributed by atoms with Crippen molar-refractivity contribution in [3.8, 4) is 0 Å². The van der Waals surface area contributed by atoms with Crippen molar-refractivity contribution in [2.45, 2.75) is 58.0 Å². The van der Waals surface area contributed by atoms with E-state index in [9.17, 15) is 0 Å². The van der Waals surface area contributed by atoms with Gasteiger partial charge in [-0.15, -0.1) is 0 Å². The van der Waals surface area contributed by atoms with Crippen LogP contribution in [0.4, 0.5) is 0 Å². The molecular formula is C11H19N3O. The molecule has 0 atom stereocenters. The van der Waals surface area contributed by atoms with Crippen molar-refractivity contribution >= 4 is 0 Å². The molecule has 1 aliphatic carbocycles. The van der Waals surface area contributed by atoms with E-state index < -0.39 is 0 Å². The Hall–Kier alpha value is -0.900. The Morgan fingerprint density at radius 2 is 2.27 bits per heavy atom. The van der Waals surface area contributed by atoms with Crippen molar-refractivity contribution < 1.29 is 4.52 Å². The molecule has 1 aromatic rings. The molecule has 0 aliphatic heterocycles. The molecule has 1 aliphatic rings. The van der Waals surface area contributed by atoms with Gasteiger partial charge < -0.3 is 9.84 Å². The smallest absolute Gasteiger partial charge is 0.226 e. The SMILES string of the molecule is CCCCCc1nc(CNC2CC2)no1. The Morgan fingerprint density at radius 1 is 1.40 bits per heavy atom. The van der Waals surface area contributed by atoms with Crippen LogP contribution in [-0.2, 0) is 13.0 Å². The van der Waals surface area contributed by atoms with E-state index in [1.54, 1.807) is 0 Å². The van der Waals surface area contributed by atoms with Gasteiger partial charge in [-0.3, -0.25) is 0 Å². The first-order valence-electron chi connectivity index (χ1n) is 5.93. The van der Waals surface area contributed by atoms with Gasteiger partial charge in [0.2, 0.25) is 5.89 Å². The molecular weight excluding hydrogens is 190 g/mol. The number of hydrogen-bond acceptors (Lipinski definition) is 4. The minimum Gasteiger partial charge on any atom is -0.339 e. The van der Waals surface area contributed by atoms with Gasteiger partial charge in [0.1, 0.15) is 0 Å². The first-order chi connectivity index (χ1) is 7.38. The zero-order chi connectivity index (χ0) is 10.5. The summed E-state index contributed by atoms with van der Waals surface area (Å²) in [6.45, 7) is 2.95. The molecule has 0 aromatic carbocycles. The van der Waals surface area contributed by atoms with Gasteiger partial charge in [0, 0.05) is 12.5 Å². The van der Waals surface area contributed by atoms with E-state index in [2.05, 4.69) is 22.4 Å². The van der Waals surface area contributed by atoms with E-state index in [1.165, 1.54) is 25.7 Å². The zero-order valence-corrected chi connectivity index (χ0v) is 9.33. The molecule has 15 heavy (non-hydrogen) atoms. The van der Waals surface area contributed by atoms with Gasteiger partial charge in [0.25, 0.3) is 0 Å². The summed E-state index contributed by atoms with van der Waals surface area (Å²) in [6, 6.07) is 0.701. The third-order valence-electron chi connectivity index (χ3n) is 2.63. The minimum atomic E-state index is 0.701. The summed E-state index contributed by atoms with van der Waals surface area (Å²) in [4.78, 5) is 4.34. The van der Waals surface area contributed by atoms with Gasteiger partial charge in [0.05, 0.1) is 6.54 Å². The third kappa shape index (κ3) is 3.63. The fraction of sp³-hybridized carbons (Fsp3) is 0.818. The number of nitrogens with one attached hydrogen (secondary N) is 1. The third-order valence-corrected chi connectivity index (χ3v) is 2.63. The summed E-state index contributed by atoms with van der Waals surface area (Å²) in [6.07, 6.45) is 7.11. The molecule has 0 bridgehead atoms. The second-order valence-corrected chi connectivity index (χ2v) is 4.22. The highest BCUT2D eigenvalue weighted by Crippen LogP contribution is 2.18. The van der Waals surface area contributed by atoms with Gasteiger partial charge >= 0.3 is 0 Å². The average molecular weight is 209 g/mol. The predicted molar refractivity (Wildman–Crippen MR) is 57.4 cm³/mol. The standard InChI is InChI=1S/C11H19N3O/c1-2-3-4-5-11-13-10(14-15-11)8-12-9-6-7-9/h9,12H,2-8H2,1H3. The molecule has 1 fully saturated rings. The molecule has 4 nitrogen and oxygen atoms in total. The maximum absolute atomic E-state index is 5.16. The van der Waals surface area contributed by atoms with Crippen LogP contribution in [-0.4, -0.2) is 16.2 Å². The lowest BCUT2D eigenvalue weighted by Crippen LogP contribution is -2.16. The van der Waals surface area contributed by atoms with Gasteiger partial charge in [0.15, 0.2) is 5.82 Å². The molecule has 1 N–H and O–H groups in total. The average Bonchev–Trinajstić information content (AvgIpc) is 2.97. The Kier molecular flexibility index (Phi) is 3.72. The second kappa shape index (κ2) is 5.26. The summed E-state index contributed by atoms with van der Waals surface area (Å²) >= 11 is 0. The van der Waals surface area contributed by atoms with Crippen LogP contribution in [0.2, 0.25) is 0 Å². The Balaban J connectivity index is 1.70. The van der Waals surface area contributed by atoms with Gasteiger partial charge in [-0.05, 0) is 19.3 Å². The maximum Gasteiger partial charge on any atom is 0.226 e. The van der Waals surface area contributed by atoms with Crippen LogP contribution < -0.4 is 5.32 Å². The van der Waals surface area contributed by atoms with Gasteiger partial charge in [-0.1, -0.05) is 24.9 Å². The van der Waals surface area contributed by atoms with Crippen LogP contribution in [0.3, 0.4) is 0 Å². The number of nitrogens with zero attached hydrogens (tertiary/aromatic N) is 2. The van der Waals surface area contributed by atoms with E-state index in [1.807, 2.05) is 0 Å². The second-order valence-electron chi connectivity index (χ2n) is 4.22. The molecule has 0 unspecified atom stereocenters. The Bertz CT molecular complexity index is 294. The number of unbranched alkanes of at least 4 members (excludes halogenated alkanes) is 2. The fourth-order valence-electron chi connectivity index (χ4n) is 1.51. The fourth-order valence-corrected chi connectivity index (χ4v) is 1.51. The first-order valence-corrected chi connectivity index (χ1v) is 5.93. The number of hydrogen-bond donors (Lipinski definition) is 1. The van der Waals surface area contributed by atoms with E-state index in [-0.39, 0.29) is 0 Å². The Morgan fingerprint density at radius 3 is 3.00 bits per heavy atom. The molecule has 0 amide bonds. The quantitative estimate of drug-likeness (QED) is 0.698. The van der Waals surface area contributed by atoms with E-state index >= 15 is 0 Å². The molecule has 0 radical (unpaired) electrons.